The fourth-order valence-corrected chi connectivity index (χ4v) is 2.42. The Morgan fingerprint density at radius 1 is 1.12 bits per heavy atom. The summed E-state index contributed by atoms with van der Waals surface area (Å²) in [4.78, 5) is 3.34. The number of para-hydroxylation sites is 1. The van der Waals surface area contributed by atoms with Crippen molar-refractivity contribution in [2.24, 2.45) is 0 Å². The molecule has 0 aliphatic carbocycles. The third-order valence-corrected chi connectivity index (χ3v) is 3.52. The van der Waals surface area contributed by atoms with Gasteiger partial charge in [-0.3, -0.25) is 0 Å². The fraction of sp³-hybridized carbons (Fsp3) is 0.571. The Labute approximate surface area is 104 Å². The first-order valence-corrected chi connectivity index (χ1v) is 6.65. The highest BCUT2D eigenvalue weighted by Crippen LogP contribution is 2.16. The van der Waals surface area contributed by atoms with E-state index in [9.17, 15) is 0 Å². The molecule has 0 atom stereocenters. The van der Waals surface area contributed by atoms with Crippen LogP contribution in [0.1, 0.15) is 12.5 Å². The van der Waals surface area contributed by atoms with Gasteiger partial charge < -0.3 is 14.5 Å². The zero-order chi connectivity index (χ0) is 12.1. The third-order valence-electron chi connectivity index (χ3n) is 3.52. The lowest BCUT2D eigenvalue weighted by atomic mass is 10.1. The second-order valence-corrected chi connectivity index (χ2v) is 4.92. The molecule has 0 bridgehead atoms. The molecule has 2 N–H and O–H groups in total. The molecule has 1 aromatic rings. The van der Waals surface area contributed by atoms with Gasteiger partial charge in [0.05, 0.1) is 13.7 Å². The van der Waals surface area contributed by atoms with Gasteiger partial charge in [-0.15, -0.1) is 0 Å². The Balaban J connectivity index is 1.98. The summed E-state index contributed by atoms with van der Waals surface area (Å²) in [6.07, 6.45) is 0. The predicted octanol–water partition coefficient (Wildman–Crippen LogP) is -1.00. The van der Waals surface area contributed by atoms with Crippen LogP contribution in [0.5, 0.6) is 5.75 Å². The minimum Gasteiger partial charge on any atom is -0.493 e. The van der Waals surface area contributed by atoms with Crippen LogP contribution in [0.25, 0.3) is 0 Å². The molecule has 3 nitrogen and oxygen atoms in total. The maximum atomic E-state index is 5.68. The second-order valence-electron chi connectivity index (χ2n) is 4.92. The second kappa shape index (κ2) is 6.03. The number of likely N-dealkylation sites (N-methyl/N-ethyl adjacent to an activating group) is 1. The first-order chi connectivity index (χ1) is 8.29. The Hall–Kier alpha value is -1.06. The summed E-state index contributed by atoms with van der Waals surface area (Å²) < 4.78 is 5.68. The van der Waals surface area contributed by atoms with Gasteiger partial charge >= 0.3 is 0 Å². The van der Waals surface area contributed by atoms with Crippen molar-refractivity contribution in [2.75, 3.05) is 39.8 Å². The largest absolute Gasteiger partial charge is 0.493 e. The molecule has 1 fully saturated rings. The summed E-state index contributed by atoms with van der Waals surface area (Å²) in [5.74, 6) is 1.06. The van der Waals surface area contributed by atoms with Crippen molar-refractivity contribution < 1.29 is 14.5 Å². The van der Waals surface area contributed by atoms with Crippen LogP contribution in [0, 0.1) is 0 Å². The minimum atomic E-state index is 0.749. The summed E-state index contributed by atoms with van der Waals surface area (Å²) in [6.45, 7) is 9.00. The molecule has 0 saturated carbocycles. The normalized spacial score (nSPS) is 24.6. The van der Waals surface area contributed by atoms with Gasteiger partial charge in [0.25, 0.3) is 0 Å². The molecule has 3 heteroatoms. The number of benzene rings is 1. The van der Waals surface area contributed by atoms with E-state index in [0.717, 1.165) is 18.9 Å². The van der Waals surface area contributed by atoms with Gasteiger partial charge in [0, 0.05) is 5.56 Å². The van der Waals surface area contributed by atoms with Crippen LogP contribution in [0.4, 0.5) is 0 Å². The average molecular weight is 236 g/mol. The molecule has 17 heavy (non-hydrogen) atoms. The van der Waals surface area contributed by atoms with Gasteiger partial charge in [0.1, 0.15) is 38.5 Å². The summed E-state index contributed by atoms with van der Waals surface area (Å²) in [5.41, 5.74) is 1.35. The maximum absolute atomic E-state index is 5.68. The first kappa shape index (κ1) is 12.4. The fourth-order valence-electron chi connectivity index (χ4n) is 2.42. The van der Waals surface area contributed by atoms with Crippen LogP contribution in [0.15, 0.2) is 24.3 Å². The SMILES string of the molecule is CCOc1ccccc1C[NH+]1CC[NH+](C)CC1. The zero-order valence-corrected chi connectivity index (χ0v) is 11.0. The number of piperazine rings is 1. The van der Waals surface area contributed by atoms with E-state index in [0.29, 0.717) is 0 Å². The van der Waals surface area contributed by atoms with Crippen molar-refractivity contribution in [1.29, 1.82) is 0 Å². The number of hydrogen-bond donors (Lipinski definition) is 2. The third kappa shape index (κ3) is 3.45. The lowest BCUT2D eigenvalue weighted by Crippen LogP contribution is -3.26. The van der Waals surface area contributed by atoms with E-state index in [1.165, 1.54) is 31.7 Å². The van der Waals surface area contributed by atoms with Crippen LogP contribution >= 0.6 is 0 Å². The van der Waals surface area contributed by atoms with Crippen LogP contribution < -0.4 is 14.5 Å². The Morgan fingerprint density at radius 3 is 2.53 bits per heavy atom. The van der Waals surface area contributed by atoms with Gasteiger partial charge in [0.2, 0.25) is 0 Å². The summed E-state index contributed by atoms with van der Waals surface area (Å²) in [5, 5.41) is 0. The number of hydrogen-bond acceptors (Lipinski definition) is 1. The molecule has 2 rings (SSSR count). The zero-order valence-electron chi connectivity index (χ0n) is 11.0. The molecular formula is C14H24N2O+2. The van der Waals surface area contributed by atoms with Crippen molar-refractivity contribution in [3.05, 3.63) is 29.8 Å². The Kier molecular flexibility index (Phi) is 4.40. The summed E-state index contributed by atoms with van der Waals surface area (Å²) >= 11 is 0. The van der Waals surface area contributed by atoms with Crippen LogP contribution in [0.2, 0.25) is 0 Å². The molecule has 0 unspecified atom stereocenters. The number of quaternary nitrogens is 2. The van der Waals surface area contributed by atoms with Crippen molar-refractivity contribution in [3.63, 3.8) is 0 Å². The van der Waals surface area contributed by atoms with Crippen molar-refractivity contribution in [2.45, 2.75) is 13.5 Å². The van der Waals surface area contributed by atoms with E-state index >= 15 is 0 Å². The Morgan fingerprint density at radius 2 is 1.82 bits per heavy atom. The molecular weight excluding hydrogens is 212 g/mol. The van der Waals surface area contributed by atoms with E-state index in [2.05, 4.69) is 31.3 Å². The van der Waals surface area contributed by atoms with Gasteiger partial charge in [-0.05, 0) is 19.1 Å². The molecule has 0 spiro atoms. The standard InChI is InChI=1S/C14H22N2O/c1-3-17-14-7-5-4-6-13(14)12-16-10-8-15(2)9-11-16/h4-7H,3,8-12H2,1-2H3/p+2. The lowest BCUT2D eigenvalue weighted by molar-refractivity contribution is -1.01. The summed E-state index contributed by atoms with van der Waals surface area (Å²) in [6, 6.07) is 8.44. The number of rotatable bonds is 4. The maximum Gasteiger partial charge on any atom is 0.128 e. The molecule has 1 aliphatic heterocycles. The van der Waals surface area contributed by atoms with Crippen molar-refractivity contribution in [3.8, 4) is 5.75 Å². The molecule has 94 valence electrons. The number of nitrogens with one attached hydrogen (secondary N) is 2. The highest BCUT2D eigenvalue weighted by Gasteiger charge is 2.20. The molecule has 1 aliphatic rings. The smallest absolute Gasteiger partial charge is 0.128 e. The molecule has 0 radical (unpaired) electrons. The predicted molar refractivity (Wildman–Crippen MR) is 68.6 cm³/mol. The lowest BCUT2D eigenvalue weighted by Gasteiger charge is -2.27. The average Bonchev–Trinajstić information content (AvgIpc) is 2.35. The number of ether oxygens (including phenoxy) is 1. The molecule has 0 aromatic heterocycles. The van der Waals surface area contributed by atoms with Gasteiger partial charge in [-0.2, -0.15) is 0 Å². The van der Waals surface area contributed by atoms with Gasteiger partial charge in [-0.1, -0.05) is 12.1 Å². The topological polar surface area (TPSA) is 18.1 Å². The quantitative estimate of drug-likeness (QED) is 0.686. The van der Waals surface area contributed by atoms with Crippen molar-refractivity contribution >= 4 is 0 Å². The summed E-state index contributed by atoms with van der Waals surface area (Å²) in [7, 11) is 2.28. The molecule has 1 aromatic carbocycles. The monoisotopic (exact) mass is 236 g/mol. The van der Waals surface area contributed by atoms with Crippen molar-refractivity contribution in [1.82, 2.24) is 0 Å². The highest BCUT2D eigenvalue weighted by atomic mass is 16.5. The van der Waals surface area contributed by atoms with E-state index in [1.54, 1.807) is 9.80 Å². The molecule has 1 saturated heterocycles. The van der Waals surface area contributed by atoms with E-state index < -0.39 is 0 Å². The Bertz CT molecular complexity index is 346. The van der Waals surface area contributed by atoms with Crippen LogP contribution in [0.3, 0.4) is 0 Å². The van der Waals surface area contributed by atoms with E-state index in [4.69, 9.17) is 4.74 Å². The molecule has 1 heterocycles. The first-order valence-electron chi connectivity index (χ1n) is 6.65. The molecule has 0 amide bonds. The van der Waals surface area contributed by atoms with Crippen LogP contribution in [-0.4, -0.2) is 39.8 Å². The van der Waals surface area contributed by atoms with Gasteiger partial charge in [0.15, 0.2) is 0 Å². The van der Waals surface area contributed by atoms with Gasteiger partial charge in [-0.25, -0.2) is 0 Å². The van der Waals surface area contributed by atoms with Crippen LogP contribution in [-0.2, 0) is 6.54 Å². The minimum absolute atomic E-state index is 0.749. The van der Waals surface area contributed by atoms with E-state index in [-0.39, 0.29) is 0 Å². The van der Waals surface area contributed by atoms with E-state index in [1.807, 2.05) is 6.92 Å². The highest BCUT2D eigenvalue weighted by molar-refractivity contribution is 5.32.